The highest BCUT2D eigenvalue weighted by molar-refractivity contribution is 7.98. The van der Waals surface area contributed by atoms with Crippen molar-refractivity contribution in [1.82, 2.24) is 24.9 Å². The van der Waals surface area contributed by atoms with Crippen molar-refractivity contribution in [2.75, 3.05) is 0 Å². The Balaban J connectivity index is 1.69. The molecule has 3 aromatic rings. The fourth-order valence-corrected chi connectivity index (χ4v) is 3.35. The second-order valence-electron chi connectivity index (χ2n) is 4.12. The first-order chi connectivity index (χ1) is 10.3. The third-order valence-electron chi connectivity index (χ3n) is 2.83. The molecule has 0 saturated heterocycles. The maximum atomic E-state index is 5.63. The van der Waals surface area contributed by atoms with E-state index in [0.29, 0.717) is 24.0 Å². The summed E-state index contributed by atoms with van der Waals surface area (Å²) in [6, 6.07) is 3.93. The van der Waals surface area contributed by atoms with Gasteiger partial charge < -0.3 is 14.8 Å². The molecule has 0 fully saturated rings. The Morgan fingerprint density at radius 3 is 3.05 bits per heavy atom. The van der Waals surface area contributed by atoms with Gasteiger partial charge >= 0.3 is 0 Å². The van der Waals surface area contributed by atoms with Crippen LogP contribution in [0, 0.1) is 0 Å². The number of nitrogens with zero attached hydrogens (tertiary/aromatic N) is 5. The summed E-state index contributed by atoms with van der Waals surface area (Å²) in [6.45, 7) is 3.20. The van der Waals surface area contributed by atoms with Crippen LogP contribution in [0.5, 0.6) is 0 Å². The number of hydrogen-bond donors (Lipinski definition) is 1. The number of aromatic nitrogens is 5. The van der Waals surface area contributed by atoms with E-state index in [0.717, 1.165) is 22.4 Å². The highest BCUT2D eigenvalue weighted by atomic mass is 32.2. The molecular weight excluding hydrogens is 308 g/mol. The van der Waals surface area contributed by atoms with Gasteiger partial charge in [-0.25, -0.2) is 0 Å². The van der Waals surface area contributed by atoms with Crippen LogP contribution in [-0.2, 0) is 18.8 Å². The van der Waals surface area contributed by atoms with Gasteiger partial charge in [0.25, 0.3) is 0 Å². The van der Waals surface area contributed by atoms with Crippen LogP contribution in [0.4, 0.5) is 0 Å². The Labute approximate surface area is 129 Å². The Hall–Kier alpha value is -1.71. The van der Waals surface area contributed by atoms with Crippen molar-refractivity contribution in [3.05, 3.63) is 29.2 Å². The lowest BCUT2D eigenvalue weighted by Crippen LogP contribution is -2.08. The average Bonchev–Trinajstić information content (AvgIpc) is 3.23. The van der Waals surface area contributed by atoms with Crippen LogP contribution in [0.2, 0.25) is 0 Å². The first-order valence-corrected chi connectivity index (χ1v) is 8.29. The zero-order valence-electron chi connectivity index (χ0n) is 11.4. The van der Waals surface area contributed by atoms with Crippen molar-refractivity contribution in [3.8, 4) is 10.7 Å². The minimum Gasteiger partial charge on any atom is -0.338 e. The summed E-state index contributed by atoms with van der Waals surface area (Å²) in [5.74, 6) is 2.54. The predicted molar refractivity (Wildman–Crippen MR) is 80.8 cm³/mol. The Morgan fingerprint density at radius 2 is 2.33 bits per heavy atom. The molecule has 0 aromatic carbocycles. The Bertz CT molecular complexity index is 705. The first kappa shape index (κ1) is 14.2. The van der Waals surface area contributed by atoms with Crippen molar-refractivity contribution in [2.45, 2.75) is 30.9 Å². The van der Waals surface area contributed by atoms with Crippen molar-refractivity contribution in [1.29, 1.82) is 0 Å². The summed E-state index contributed by atoms with van der Waals surface area (Å²) in [5, 5.41) is 15.0. The van der Waals surface area contributed by atoms with Crippen LogP contribution >= 0.6 is 23.1 Å². The van der Waals surface area contributed by atoms with Crippen LogP contribution in [0.15, 0.2) is 27.2 Å². The number of thioether (sulfide) groups is 1. The smallest absolute Gasteiger partial charge is 0.237 e. The molecule has 0 amide bonds. The monoisotopic (exact) mass is 322 g/mol. The Morgan fingerprint density at radius 1 is 1.43 bits per heavy atom. The van der Waals surface area contributed by atoms with Gasteiger partial charge in [0.05, 0.1) is 17.2 Å². The molecule has 7 nitrogen and oxygen atoms in total. The average molecular weight is 322 g/mol. The standard InChI is InChI=1S/C12H14N6OS2/c1-2-18-9(6-13)15-16-12(18)21-7-10-14-11(17-19-10)8-4-3-5-20-8/h3-5H,2,6-7,13H2,1H3. The quantitative estimate of drug-likeness (QED) is 0.695. The van der Waals surface area contributed by atoms with Gasteiger partial charge in [0.15, 0.2) is 5.16 Å². The largest absolute Gasteiger partial charge is 0.338 e. The van der Waals surface area contributed by atoms with E-state index >= 15 is 0 Å². The number of rotatable bonds is 6. The second kappa shape index (κ2) is 6.37. The summed E-state index contributed by atoms with van der Waals surface area (Å²) in [4.78, 5) is 5.38. The summed E-state index contributed by atoms with van der Waals surface area (Å²) in [6.07, 6.45) is 0. The summed E-state index contributed by atoms with van der Waals surface area (Å²) < 4.78 is 7.25. The van der Waals surface area contributed by atoms with Gasteiger partial charge in [-0.1, -0.05) is 23.0 Å². The van der Waals surface area contributed by atoms with E-state index in [-0.39, 0.29) is 0 Å². The van der Waals surface area contributed by atoms with Crippen LogP contribution in [-0.4, -0.2) is 24.9 Å². The lowest BCUT2D eigenvalue weighted by atomic mass is 10.4. The molecule has 0 atom stereocenters. The molecule has 9 heteroatoms. The van der Waals surface area contributed by atoms with Gasteiger partial charge in [0.2, 0.25) is 11.7 Å². The molecule has 0 aliphatic rings. The fraction of sp³-hybridized carbons (Fsp3) is 0.333. The van der Waals surface area contributed by atoms with E-state index in [2.05, 4.69) is 20.3 Å². The minimum absolute atomic E-state index is 0.379. The molecule has 3 rings (SSSR count). The van der Waals surface area contributed by atoms with Crippen molar-refractivity contribution >= 4 is 23.1 Å². The third-order valence-corrected chi connectivity index (χ3v) is 4.64. The summed E-state index contributed by atoms with van der Waals surface area (Å²) >= 11 is 3.10. The highest BCUT2D eigenvalue weighted by Crippen LogP contribution is 2.25. The van der Waals surface area contributed by atoms with Gasteiger partial charge in [0, 0.05) is 6.54 Å². The van der Waals surface area contributed by atoms with E-state index in [1.165, 1.54) is 11.8 Å². The normalized spacial score (nSPS) is 11.1. The van der Waals surface area contributed by atoms with E-state index in [9.17, 15) is 0 Å². The van der Waals surface area contributed by atoms with E-state index < -0.39 is 0 Å². The first-order valence-electron chi connectivity index (χ1n) is 6.43. The van der Waals surface area contributed by atoms with Gasteiger partial charge in [-0.2, -0.15) is 4.98 Å². The van der Waals surface area contributed by atoms with Crippen LogP contribution < -0.4 is 5.73 Å². The minimum atomic E-state index is 0.379. The van der Waals surface area contributed by atoms with Crippen LogP contribution in [0.3, 0.4) is 0 Å². The molecule has 0 aliphatic heterocycles. The van der Waals surface area contributed by atoms with Crippen molar-refractivity contribution < 1.29 is 4.52 Å². The maximum absolute atomic E-state index is 5.63. The van der Waals surface area contributed by atoms with Crippen LogP contribution in [0.25, 0.3) is 10.7 Å². The summed E-state index contributed by atoms with van der Waals surface area (Å²) in [5.41, 5.74) is 5.63. The van der Waals surface area contributed by atoms with Gasteiger partial charge in [-0.05, 0) is 18.4 Å². The summed E-state index contributed by atoms with van der Waals surface area (Å²) in [7, 11) is 0. The molecule has 0 bridgehead atoms. The molecule has 3 heterocycles. The van der Waals surface area contributed by atoms with Gasteiger partial charge in [0.1, 0.15) is 5.82 Å². The molecule has 3 aromatic heterocycles. The molecule has 0 spiro atoms. The molecule has 0 aliphatic carbocycles. The number of thiophene rings is 1. The van der Waals surface area contributed by atoms with Gasteiger partial charge in [-0.3, -0.25) is 0 Å². The van der Waals surface area contributed by atoms with E-state index in [4.69, 9.17) is 10.3 Å². The van der Waals surface area contributed by atoms with Crippen molar-refractivity contribution in [3.63, 3.8) is 0 Å². The van der Waals surface area contributed by atoms with Crippen molar-refractivity contribution in [2.24, 2.45) is 5.73 Å². The third kappa shape index (κ3) is 2.99. The Kier molecular flexibility index (Phi) is 4.32. The molecule has 0 unspecified atom stereocenters. The molecule has 21 heavy (non-hydrogen) atoms. The van der Waals surface area contributed by atoms with Crippen LogP contribution in [0.1, 0.15) is 18.6 Å². The SMILES string of the molecule is CCn1c(CN)nnc1SCc1nc(-c2cccs2)no1. The zero-order chi connectivity index (χ0) is 14.7. The molecule has 0 radical (unpaired) electrons. The fourth-order valence-electron chi connectivity index (χ4n) is 1.84. The molecule has 110 valence electrons. The predicted octanol–water partition coefficient (Wildman–Crippen LogP) is 2.16. The zero-order valence-corrected chi connectivity index (χ0v) is 13.0. The molecule has 0 saturated carbocycles. The van der Waals surface area contributed by atoms with E-state index in [1.54, 1.807) is 11.3 Å². The van der Waals surface area contributed by atoms with E-state index in [1.807, 2.05) is 29.0 Å². The maximum Gasteiger partial charge on any atom is 0.237 e. The molecular formula is C12H14N6OS2. The molecule has 2 N–H and O–H groups in total. The number of nitrogens with two attached hydrogens (primary N) is 1. The second-order valence-corrected chi connectivity index (χ2v) is 6.02. The highest BCUT2D eigenvalue weighted by Gasteiger charge is 2.13. The lowest BCUT2D eigenvalue weighted by molar-refractivity contribution is 0.391. The lowest BCUT2D eigenvalue weighted by Gasteiger charge is -2.04. The topological polar surface area (TPSA) is 95.7 Å². The number of hydrogen-bond acceptors (Lipinski definition) is 8. The van der Waals surface area contributed by atoms with Gasteiger partial charge in [-0.15, -0.1) is 21.5 Å².